The van der Waals surface area contributed by atoms with Crippen LogP contribution in [0, 0.1) is 6.92 Å². The van der Waals surface area contributed by atoms with E-state index in [1.54, 1.807) is 14.0 Å². The molecule has 0 bridgehead atoms. The molecule has 0 aliphatic heterocycles. The van der Waals surface area contributed by atoms with Crippen LogP contribution in [0.4, 0.5) is 0 Å². The maximum atomic E-state index is 12.4. The highest BCUT2D eigenvalue weighted by atomic mass is 16.5. The monoisotopic (exact) mass is 348 g/mol. The van der Waals surface area contributed by atoms with Crippen molar-refractivity contribution in [2.45, 2.75) is 19.4 Å². The zero-order chi connectivity index (χ0) is 18.1. The fraction of sp³-hybridized carbons (Fsp3) is 0.421. The van der Waals surface area contributed by atoms with Gasteiger partial charge in [-0.3, -0.25) is 4.79 Å². The third-order valence-electron chi connectivity index (χ3n) is 3.62. The van der Waals surface area contributed by atoms with Gasteiger partial charge < -0.3 is 23.7 Å². The summed E-state index contributed by atoms with van der Waals surface area (Å²) in [5.74, 6) is 0.391. The van der Waals surface area contributed by atoms with Crippen molar-refractivity contribution in [3.8, 4) is 5.75 Å². The van der Waals surface area contributed by atoms with E-state index in [1.807, 2.05) is 30.3 Å². The highest BCUT2D eigenvalue weighted by Crippen LogP contribution is 2.26. The molecule has 0 spiro atoms. The van der Waals surface area contributed by atoms with Crippen LogP contribution in [0.25, 0.3) is 0 Å². The Hall–Kier alpha value is -2.15. The van der Waals surface area contributed by atoms with E-state index >= 15 is 0 Å². The third-order valence-corrected chi connectivity index (χ3v) is 3.62. The van der Waals surface area contributed by atoms with Crippen molar-refractivity contribution in [3.05, 3.63) is 63.7 Å². The van der Waals surface area contributed by atoms with E-state index in [2.05, 4.69) is 0 Å². The summed E-state index contributed by atoms with van der Waals surface area (Å²) in [4.78, 5) is 12.4. The summed E-state index contributed by atoms with van der Waals surface area (Å²) in [5.41, 5.74) is 0.662. The Morgan fingerprint density at radius 3 is 2.64 bits per heavy atom. The normalized spacial score (nSPS) is 12.1. The molecule has 1 atom stereocenters. The Morgan fingerprint density at radius 2 is 1.96 bits per heavy atom. The number of aliphatic hydroxyl groups excluding tert-OH is 1. The molecule has 0 radical (unpaired) electrons. The van der Waals surface area contributed by atoms with Crippen LogP contribution in [0.2, 0.25) is 0 Å². The second-order valence-corrected chi connectivity index (χ2v) is 5.64. The van der Waals surface area contributed by atoms with E-state index in [0.717, 1.165) is 5.56 Å². The van der Waals surface area contributed by atoms with Crippen molar-refractivity contribution in [3.63, 3.8) is 0 Å². The van der Waals surface area contributed by atoms with Gasteiger partial charge in [0.25, 0.3) is 0 Å². The van der Waals surface area contributed by atoms with Crippen LogP contribution in [0.3, 0.4) is 0 Å². The van der Waals surface area contributed by atoms with E-state index in [9.17, 15) is 9.90 Å². The zero-order valence-corrected chi connectivity index (χ0v) is 14.6. The number of aryl methyl sites for hydroxylation is 1. The van der Waals surface area contributed by atoms with Crippen molar-refractivity contribution >= 4 is 0 Å². The predicted molar refractivity (Wildman–Crippen MR) is 93.0 cm³/mol. The summed E-state index contributed by atoms with van der Waals surface area (Å²) in [5, 5.41) is 9.70. The van der Waals surface area contributed by atoms with Gasteiger partial charge >= 0.3 is 0 Å². The van der Waals surface area contributed by atoms with Gasteiger partial charge in [0.05, 0.1) is 32.3 Å². The molecular formula is C19H24O6. The van der Waals surface area contributed by atoms with Gasteiger partial charge in [0.15, 0.2) is 5.76 Å². The van der Waals surface area contributed by atoms with E-state index < -0.39 is 5.92 Å². The summed E-state index contributed by atoms with van der Waals surface area (Å²) in [6, 6.07) is 10.9. The maximum absolute atomic E-state index is 12.4. The van der Waals surface area contributed by atoms with E-state index in [1.165, 1.54) is 6.07 Å². The summed E-state index contributed by atoms with van der Waals surface area (Å²) < 4.78 is 21.8. The molecule has 6 heteroatoms. The number of hydrogen-bond acceptors (Lipinski definition) is 6. The topological polar surface area (TPSA) is 78.1 Å². The van der Waals surface area contributed by atoms with Crippen LogP contribution in [-0.2, 0) is 16.1 Å². The minimum absolute atomic E-state index is 0.115. The van der Waals surface area contributed by atoms with E-state index in [-0.39, 0.29) is 31.0 Å². The van der Waals surface area contributed by atoms with Gasteiger partial charge in [-0.25, -0.2) is 0 Å². The van der Waals surface area contributed by atoms with Crippen LogP contribution < -0.4 is 10.2 Å². The third kappa shape index (κ3) is 5.70. The molecule has 0 fully saturated rings. The fourth-order valence-corrected chi connectivity index (χ4v) is 2.34. The van der Waals surface area contributed by atoms with Gasteiger partial charge in [-0.1, -0.05) is 30.3 Å². The Morgan fingerprint density at radius 1 is 1.20 bits per heavy atom. The molecule has 2 rings (SSSR count). The molecule has 136 valence electrons. The molecule has 1 N–H and O–H groups in total. The number of rotatable bonds is 10. The lowest BCUT2D eigenvalue weighted by molar-refractivity contribution is 0.0489. The number of benzene rings is 1. The Kier molecular flexibility index (Phi) is 7.66. The standard InChI is InChI=1S/C19H24O6/c1-14-10-17(21)19(24-12-15-6-4-3-5-7-15)18(25-14)16(11-20)13-23-9-8-22-2/h3-7,10,16,20H,8-9,11-13H2,1-2H3. The molecule has 1 aromatic carbocycles. The SMILES string of the molecule is COCCOCC(CO)c1oc(C)cc(=O)c1OCc1ccccc1. The zero-order valence-electron chi connectivity index (χ0n) is 14.6. The molecule has 0 aliphatic rings. The number of methoxy groups -OCH3 is 1. The van der Waals surface area contributed by atoms with E-state index in [4.69, 9.17) is 18.6 Å². The first kappa shape index (κ1) is 19.2. The van der Waals surface area contributed by atoms with Crippen LogP contribution in [-0.4, -0.2) is 38.6 Å². The highest BCUT2D eigenvalue weighted by molar-refractivity contribution is 5.30. The van der Waals surface area contributed by atoms with Crippen molar-refractivity contribution < 1.29 is 23.7 Å². The smallest absolute Gasteiger partial charge is 0.227 e. The maximum Gasteiger partial charge on any atom is 0.227 e. The minimum atomic E-state index is -0.491. The highest BCUT2D eigenvalue weighted by Gasteiger charge is 2.22. The molecule has 0 amide bonds. The van der Waals surface area contributed by atoms with Crippen molar-refractivity contribution in [1.29, 1.82) is 0 Å². The first-order valence-corrected chi connectivity index (χ1v) is 8.14. The molecule has 1 aromatic heterocycles. The lowest BCUT2D eigenvalue weighted by atomic mass is 10.1. The van der Waals surface area contributed by atoms with Gasteiger partial charge in [-0.2, -0.15) is 0 Å². The fourth-order valence-electron chi connectivity index (χ4n) is 2.34. The second-order valence-electron chi connectivity index (χ2n) is 5.64. The molecule has 1 unspecified atom stereocenters. The Labute approximate surface area is 147 Å². The molecule has 2 aromatic rings. The summed E-state index contributed by atoms with van der Waals surface area (Å²) in [7, 11) is 1.59. The lowest BCUT2D eigenvalue weighted by Crippen LogP contribution is -2.19. The molecule has 1 heterocycles. The number of ether oxygens (including phenoxy) is 3. The van der Waals surface area contributed by atoms with Crippen LogP contribution >= 0.6 is 0 Å². The van der Waals surface area contributed by atoms with Crippen LogP contribution in [0.5, 0.6) is 5.75 Å². The molecule has 0 saturated heterocycles. The van der Waals surface area contributed by atoms with Gasteiger partial charge in [-0.05, 0) is 12.5 Å². The Balaban J connectivity index is 2.18. The van der Waals surface area contributed by atoms with Gasteiger partial charge in [0.1, 0.15) is 12.4 Å². The van der Waals surface area contributed by atoms with Gasteiger partial charge in [0, 0.05) is 13.2 Å². The average molecular weight is 348 g/mol. The van der Waals surface area contributed by atoms with Gasteiger partial charge in [0.2, 0.25) is 11.2 Å². The largest absolute Gasteiger partial charge is 0.482 e. The quantitative estimate of drug-likeness (QED) is 0.664. The first-order chi connectivity index (χ1) is 12.2. The number of hydrogen-bond donors (Lipinski definition) is 1. The summed E-state index contributed by atoms with van der Waals surface area (Å²) in [6.45, 7) is 2.75. The van der Waals surface area contributed by atoms with Crippen LogP contribution in [0.15, 0.2) is 45.6 Å². The van der Waals surface area contributed by atoms with Crippen molar-refractivity contribution in [2.75, 3.05) is 33.5 Å². The van der Waals surface area contributed by atoms with Crippen LogP contribution in [0.1, 0.15) is 23.0 Å². The molecule has 0 saturated carbocycles. The van der Waals surface area contributed by atoms with Gasteiger partial charge in [-0.15, -0.1) is 0 Å². The van der Waals surface area contributed by atoms with Crippen molar-refractivity contribution in [1.82, 2.24) is 0 Å². The minimum Gasteiger partial charge on any atom is -0.482 e. The first-order valence-electron chi connectivity index (χ1n) is 8.14. The van der Waals surface area contributed by atoms with E-state index in [0.29, 0.717) is 24.7 Å². The molecular weight excluding hydrogens is 324 g/mol. The lowest BCUT2D eigenvalue weighted by Gasteiger charge is -2.17. The molecule has 0 aliphatic carbocycles. The average Bonchev–Trinajstić information content (AvgIpc) is 2.61. The molecule has 6 nitrogen and oxygen atoms in total. The molecule has 25 heavy (non-hydrogen) atoms. The predicted octanol–water partition coefficient (Wildman–Crippen LogP) is 2.27. The number of aliphatic hydroxyl groups is 1. The Bertz CT molecular complexity index is 695. The second kappa shape index (κ2) is 9.98. The summed E-state index contributed by atoms with van der Waals surface area (Å²) in [6.07, 6.45) is 0. The summed E-state index contributed by atoms with van der Waals surface area (Å²) >= 11 is 0. The van der Waals surface area contributed by atoms with Crippen molar-refractivity contribution in [2.24, 2.45) is 0 Å².